The summed E-state index contributed by atoms with van der Waals surface area (Å²) in [6.07, 6.45) is 2.14. The molecule has 1 N–H and O–H groups in total. The summed E-state index contributed by atoms with van der Waals surface area (Å²) in [4.78, 5) is 23.6. The molecule has 0 aliphatic carbocycles. The van der Waals surface area contributed by atoms with Gasteiger partial charge in [-0.25, -0.2) is 8.42 Å². The lowest BCUT2D eigenvalue weighted by Crippen LogP contribution is -2.42. The third kappa shape index (κ3) is 3.69. The van der Waals surface area contributed by atoms with Gasteiger partial charge in [0.2, 0.25) is 15.9 Å². The number of piperidine rings is 1. The Morgan fingerprint density at radius 1 is 1.36 bits per heavy atom. The highest BCUT2D eigenvalue weighted by Crippen LogP contribution is 2.29. The van der Waals surface area contributed by atoms with E-state index in [1.165, 1.54) is 10.4 Å². The molecule has 1 atom stereocenters. The van der Waals surface area contributed by atoms with Crippen LogP contribution < -0.4 is 5.32 Å². The number of hydrogen-bond donors (Lipinski definition) is 1. The van der Waals surface area contributed by atoms with Gasteiger partial charge in [0.25, 0.3) is 0 Å². The number of aryl methyl sites for hydroxylation is 1. The minimum Gasteiger partial charge on any atom is -0.466 e. The van der Waals surface area contributed by atoms with Crippen LogP contribution in [0.25, 0.3) is 0 Å². The average molecular weight is 366 g/mol. The highest BCUT2D eigenvalue weighted by atomic mass is 32.2. The van der Waals surface area contributed by atoms with Crippen molar-refractivity contribution in [2.45, 2.75) is 37.5 Å². The van der Waals surface area contributed by atoms with Gasteiger partial charge in [-0.2, -0.15) is 4.31 Å². The first-order chi connectivity index (χ1) is 11.9. The third-order valence-electron chi connectivity index (χ3n) is 4.61. The Balaban J connectivity index is 1.81. The second kappa shape index (κ2) is 7.13. The van der Waals surface area contributed by atoms with Crippen molar-refractivity contribution >= 4 is 27.6 Å². The quantitative estimate of drug-likeness (QED) is 0.816. The Bertz CT molecular complexity index is 790. The fraction of sp³-hybridized carbons (Fsp3) is 0.529. The molecule has 1 fully saturated rings. The monoisotopic (exact) mass is 366 g/mol. The standard InChI is InChI=1S/C17H22N2O5S/c1-2-24-17(21)13-4-3-9-19(11-13)25(22,23)14-6-7-15-12(10-14)5-8-16(20)18-15/h6-7,10,13H,2-5,8-9,11H2,1H3,(H,18,20)/t13-/m1/s1. The Labute approximate surface area is 147 Å². The summed E-state index contributed by atoms with van der Waals surface area (Å²) >= 11 is 0. The van der Waals surface area contributed by atoms with Crippen LogP contribution in [0.4, 0.5) is 5.69 Å². The Hall–Kier alpha value is -1.93. The zero-order chi connectivity index (χ0) is 18.0. The van der Waals surface area contributed by atoms with Gasteiger partial charge in [-0.1, -0.05) is 0 Å². The number of nitrogens with one attached hydrogen (secondary N) is 1. The molecule has 2 heterocycles. The predicted octanol–water partition coefficient (Wildman–Crippen LogP) is 1.54. The number of carbonyl (C=O) groups excluding carboxylic acids is 2. The molecular weight excluding hydrogens is 344 g/mol. The molecule has 8 heteroatoms. The highest BCUT2D eigenvalue weighted by molar-refractivity contribution is 7.89. The molecule has 3 rings (SSSR count). The summed E-state index contributed by atoms with van der Waals surface area (Å²) in [5.74, 6) is -0.813. The number of rotatable bonds is 4. The van der Waals surface area contributed by atoms with E-state index in [2.05, 4.69) is 5.32 Å². The van der Waals surface area contributed by atoms with Gasteiger partial charge in [0, 0.05) is 25.2 Å². The van der Waals surface area contributed by atoms with Crippen molar-refractivity contribution in [1.29, 1.82) is 0 Å². The molecule has 0 unspecified atom stereocenters. The van der Waals surface area contributed by atoms with Crippen LogP contribution >= 0.6 is 0 Å². The molecule has 2 aliphatic heterocycles. The number of sulfonamides is 1. The molecule has 25 heavy (non-hydrogen) atoms. The van der Waals surface area contributed by atoms with Crippen LogP contribution in [0.5, 0.6) is 0 Å². The van der Waals surface area contributed by atoms with Crippen molar-refractivity contribution in [3.05, 3.63) is 23.8 Å². The lowest BCUT2D eigenvalue weighted by molar-refractivity contribution is -0.149. The molecule has 7 nitrogen and oxygen atoms in total. The molecule has 1 aromatic rings. The molecule has 136 valence electrons. The van der Waals surface area contributed by atoms with Gasteiger partial charge < -0.3 is 10.1 Å². The van der Waals surface area contributed by atoms with Crippen LogP contribution in [-0.4, -0.2) is 44.3 Å². The van der Waals surface area contributed by atoms with Gasteiger partial charge in [-0.15, -0.1) is 0 Å². The topological polar surface area (TPSA) is 92.8 Å². The number of nitrogens with zero attached hydrogens (tertiary/aromatic N) is 1. The summed E-state index contributed by atoms with van der Waals surface area (Å²) in [6.45, 7) is 2.57. The van der Waals surface area contributed by atoms with Crippen LogP contribution in [0.1, 0.15) is 31.7 Å². The predicted molar refractivity (Wildman–Crippen MR) is 91.5 cm³/mol. The van der Waals surface area contributed by atoms with Gasteiger partial charge in [0.1, 0.15) is 0 Å². The number of carbonyl (C=O) groups is 2. The van der Waals surface area contributed by atoms with Crippen molar-refractivity contribution in [2.24, 2.45) is 5.92 Å². The molecule has 0 saturated carbocycles. The maximum atomic E-state index is 12.9. The second-order valence-electron chi connectivity index (χ2n) is 6.32. The summed E-state index contributed by atoms with van der Waals surface area (Å²) in [7, 11) is -3.68. The van der Waals surface area contributed by atoms with Gasteiger partial charge in [0.15, 0.2) is 0 Å². The number of hydrogen-bond acceptors (Lipinski definition) is 5. The number of fused-ring (bicyclic) bond motifs is 1. The molecule has 0 spiro atoms. The molecule has 2 aliphatic rings. The Kier molecular flexibility index (Phi) is 5.10. The zero-order valence-electron chi connectivity index (χ0n) is 14.2. The minimum atomic E-state index is -3.68. The Morgan fingerprint density at radius 2 is 2.16 bits per heavy atom. The number of esters is 1. The largest absolute Gasteiger partial charge is 0.466 e. The van der Waals surface area contributed by atoms with Crippen molar-refractivity contribution < 1.29 is 22.7 Å². The molecular formula is C17H22N2O5S. The van der Waals surface area contributed by atoms with Crippen LogP contribution in [0.15, 0.2) is 23.1 Å². The van der Waals surface area contributed by atoms with E-state index in [1.807, 2.05) is 0 Å². The van der Waals surface area contributed by atoms with E-state index >= 15 is 0 Å². The van der Waals surface area contributed by atoms with E-state index in [9.17, 15) is 18.0 Å². The fourth-order valence-electron chi connectivity index (χ4n) is 3.28. The fourth-order valence-corrected chi connectivity index (χ4v) is 4.86. The molecule has 1 saturated heterocycles. The van der Waals surface area contributed by atoms with Crippen molar-refractivity contribution in [3.8, 4) is 0 Å². The lowest BCUT2D eigenvalue weighted by atomic mass is 10.0. The van der Waals surface area contributed by atoms with E-state index in [4.69, 9.17) is 4.74 Å². The van der Waals surface area contributed by atoms with Crippen molar-refractivity contribution in [3.63, 3.8) is 0 Å². The highest BCUT2D eigenvalue weighted by Gasteiger charge is 2.34. The van der Waals surface area contributed by atoms with Gasteiger partial charge in [-0.05, 0) is 49.9 Å². The van der Waals surface area contributed by atoms with Crippen LogP contribution in [0, 0.1) is 5.92 Å². The van der Waals surface area contributed by atoms with Crippen LogP contribution in [-0.2, 0) is 30.8 Å². The molecule has 1 aromatic carbocycles. The van der Waals surface area contributed by atoms with E-state index in [-0.39, 0.29) is 23.3 Å². The van der Waals surface area contributed by atoms with E-state index < -0.39 is 15.9 Å². The van der Waals surface area contributed by atoms with Crippen LogP contribution in [0.2, 0.25) is 0 Å². The maximum absolute atomic E-state index is 12.9. The molecule has 1 amide bonds. The van der Waals surface area contributed by atoms with Crippen molar-refractivity contribution in [1.82, 2.24) is 4.31 Å². The third-order valence-corrected chi connectivity index (χ3v) is 6.48. The van der Waals surface area contributed by atoms with Gasteiger partial charge >= 0.3 is 5.97 Å². The summed E-state index contributed by atoms with van der Waals surface area (Å²) in [6, 6.07) is 4.76. The van der Waals surface area contributed by atoms with Crippen LogP contribution in [0.3, 0.4) is 0 Å². The minimum absolute atomic E-state index is 0.0589. The Morgan fingerprint density at radius 3 is 2.92 bits per heavy atom. The maximum Gasteiger partial charge on any atom is 0.310 e. The normalized spacial score (nSPS) is 21.3. The van der Waals surface area contributed by atoms with Gasteiger partial charge in [-0.3, -0.25) is 9.59 Å². The lowest BCUT2D eigenvalue weighted by Gasteiger charge is -2.31. The van der Waals surface area contributed by atoms with E-state index in [0.29, 0.717) is 44.5 Å². The summed E-state index contributed by atoms with van der Waals surface area (Å²) < 4.78 is 32.3. The number of benzene rings is 1. The number of anilines is 1. The number of ether oxygens (including phenoxy) is 1. The van der Waals surface area contributed by atoms with E-state index in [1.54, 1.807) is 19.1 Å². The first kappa shape index (κ1) is 17.9. The molecule has 0 radical (unpaired) electrons. The summed E-state index contributed by atoms with van der Waals surface area (Å²) in [5.41, 5.74) is 1.48. The van der Waals surface area contributed by atoms with E-state index in [0.717, 1.165) is 5.56 Å². The number of amides is 1. The first-order valence-corrected chi connectivity index (χ1v) is 9.95. The van der Waals surface area contributed by atoms with Crippen molar-refractivity contribution in [2.75, 3.05) is 25.0 Å². The molecule has 0 aromatic heterocycles. The SMILES string of the molecule is CCOC(=O)[C@@H]1CCCN(S(=O)(=O)c2ccc3c(c2)CCC(=O)N3)C1. The second-order valence-corrected chi connectivity index (χ2v) is 8.26. The first-order valence-electron chi connectivity index (χ1n) is 8.51. The summed E-state index contributed by atoms with van der Waals surface area (Å²) in [5, 5.41) is 2.75. The molecule has 0 bridgehead atoms. The average Bonchev–Trinajstić information content (AvgIpc) is 2.61. The zero-order valence-corrected chi connectivity index (χ0v) is 15.0. The van der Waals surface area contributed by atoms with Gasteiger partial charge in [0.05, 0.1) is 17.4 Å². The smallest absolute Gasteiger partial charge is 0.310 e.